The maximum Gasteiger partial charge on any atom is 1.00 e. The first-order chi connectivity index (χ1) is 1.73. The van der Waals surface area contributed by atoms with Crippen molar-refractivity contribution >= 4 is 15.3 Å². The molecule has 0 aromatic rings. The molecule has 0 spiro atoms. The van der Waals surface area contributed by atoms with E-state index in [1.807, 2.05) is 0 Å². The van der Waals surface area contributed by atoms with Crippen LogP contribution in [0, 0.1) is 0 Å². The monoisotopic (exact) mass is 134 g/mol. The summed E-state index contributed by atoms with van der Waals surface area (Å²) in [5.41, 5.74) is 0. The Morgan fingerprint density at radius 3 is 1.60 bits per heavy atom. The molecule has 28 valence electrons. The van der Waals surface area contributed by atoms with E-state index >= 15 is 0 Å². The Balaban J connectivity index is -0.0000000450. The van der Waals surface area contributed by atoms with Crippen LogP contribution in [-0.2, 0) is 3.74 Å². The zero-order valence-electron chi connectivity index (χ0n) is 3.80. The maximum absolute atomic E-state index is 8.81. The second-order valence-corrected chi connectivity index (χ2v) is 1.47. The standard InChI is InChI=1S/AsH3O3.Li.H/c2-1(3)4;;/h1H,(H2,2,3,4);;/q;+1;-1. The van der Waals surface area contributed by atoms with Gasteiger partial charge in [0.15, 0.2) is 0 Å². The molecule has 5 heavy (non-hydrogen) atoms. The predicted octanol–water partition coefficient (Wildman–Crippen LogP) is -4.76. The van der Waals surface area contributed by atoms with Crippen molar-refractivity contribution in [3.8, 4) is 0 Å². The van der Waals surface area contributed by atoms with Crippen molar-refractivity contribution in [2.45, 2.75) is 0 Å². The molecule has 0 amide bonds. The Labute approximate surface area is 47.9 Å². The third kappa shape index (κ3) is 52.6. The SMILES string of the molecule is O=[AsH](O)O.[H-].[Li+]. The summed E-state index contributed by atoms with van der Waals surface area (Å²) in [5, 5.41) is 0. The molecule has 0 aromatic carbocycles. The van der Waals surface area contributed by atoms with Gasteiger partial charge in [-0.1, -0.05) is 0 Å². The summed E-state index contributed by atoms with van der Waals surface area (Å²) < 4.78 is 23.2. The van der Waals surface area contributed by atoms with Gasteiger partial charge >= 0.3 is 46.1 Å². The van der Waals surface area contributed by atoms with Gasteiger partial charge in [0.1, 0.15) is 0 Å². The molecule has 0 unspecified atom stereocenters. The van der Waals surface area contributed by atoms with E-state index in [1.54, 1.807) is 0 Å². The molecule has 0 fully saturated rings. The van der Waals surface area contributed by atoms with Crippen molar-refractivity contribution in [2.75, 3.05) is 0 Å². The molecule has 0 atom stereocenters. The second kappa shape index (κ2) is 4.88. The number of rotatable bonds is 0. The van der Waals surface area contributed by atoms with Gasteiger partial charge in [-0.3, -0.25) is 0 Å². The predicted molar refractivity (Wildman–Crippen MR) is 13.4 cm³/mol. The zero-order chi connectivity index (χ0) is 3.58. The Morgan fingerprint density at radius 2 is 1.60 bits per heavy atom. The number of hydrogen-bond donors (Lipinski definition) is 2. The van der Waals surface area contributed by atoms with E-state index in [4.69, 9.17) is 11.9 Å². The molecule has 0 aromatic heterocycles. The Morgan fingerprint density at radius 1 is 1.60 bits per heavy atom. The smallest absolute Gasteiger partial charge is 1.00 e. The minimum atomic E-state index is -3.58. The summed E-state index contributed by atoms with van der Waals surface area (Å²) in [5.74, 6) is 0. The van der Waals surface area contributed by atoms with Crippen LogP contribution in [0.4, 0.5) is 0 Å². The molecule has 5 heteroatoms. The molecule has 0 aliphatic heterocycles. The van der Waals surface area contributed by atoms with E-state index in [9.17, 15) is 0 Å². The molecule has 0 saturated heterocycles. The van der Waals surface area contributed by atoms with Gasteiger partial charge < -0.3 is 1.43 Å². The largest absolute Gasteiger partial charge is 1.00 e. The fraction of sp³-hybridized carbons (Fsp3) is 0. The zero-order valence-corrected chi connectivity index (χ0v) is 4.90. The maximum atomic E-state index is 8.81. The van der Waals surface area contributed by atoms with E-state index in [2.05, 4.69) is 0 Å². The van der Waals surface area contributed by atoms with Crippen LogP contribution in [0.15, 0.2) is 0 Å². The van der Waals surface area contributed by atoms with Crippen LogP contribution in [0.2, 0.25) is 0 Å². The van der Waals surface area contributed by atoms with Crippen molar-refractivity contribution in [1.29, 1.82) is 0 Å². The average molecular weight is 134 g/mol. The summed E-state index contributed by atoms with van der Waals surface area (Å²) in [7, 11) is 0. The first-order valence-corrected chi connectivity index (χ1v) is 3.38. The van der Waals surface area contributed by atoms with E-state index in [0.717, 1.165) is 0 Å². The Bertz CT molecular complexity index is 33.8. The summed E-state index contributed by atoms with van der Waals surface area (Å²) in [6.07, 6.45) is 0. The molecule has 0 heterocycles. The molecule has 0 rings (SSSR count). The molecule has 0 radical (unpaired) electrons. The molecule has 3 nitrogen and oxygen atoms in total. The van der Waals surface area contributed by atoms with Gasteiger partial charge in [0.2, 0.25) is 0 Å². The molecule has 0 aliphatic rings. The first kappa shape index (κ1) is 9.30. The average Bonchev–Trinajstić information content (AvgIpc) is 0.811. The van der Waals surface area contributed by atoms with Crippen LogP contribution in [-0.4, -0.2) is 23.5 Å². The summed E-state index contributed by atoms with van der Waals surface area (Å²) in [6.45, 7) is 0. The molecular formula is H4AsLiO3. The van der Waals surface area contributed by atoms with Gasteiger partial charge in [0.25, 0.3) is 0 Å². The minimum Gasteiger partial charge on any atom is -1.00 e. The molecular weight excluding hydrogens is 130 g/mol. The first-order valence-electron chi connectivity index (χ1n) is 0.651. The van der Waals surface area contributed by atoms with Gasteiger partial charge in [-0.05, 0) is 0 Å². The molecule has 2 N–H and O–H groups in total. The van der Waals surface area contributed by atoms with Gasteiger partial charge in [-0.25, -0.2) is 0 Å². The summed E-state index contributed by atoms with van der Waals surface area (Å²) in [6, 6.07) is 0. The summed E-state index contributed by atoms with van der Waals surface area (Å²) >= 11 is -3.58. The van der Waals surface area contributed by atoms with E-state index < -0.39 is 15.3 Å². The van der Waals surface area contributed by atoms with Crippen molar-refractivity contribution < 1.29 is 32.2 Å². The normalized spacial score (nSPS) is 7.00. The van der Waals surface area contributed by atoms with E-state index in [1.165, 1.54) is 0 Å². The molecule has 0 bridgehead atoms. The number of hydrogen-bond acceptors (Lipinski definition) is 1. The molecule has 0 aliphatic carbocycles. The van der Waals surface area contributed by atoms with Crippen molar-refractivity contribution in [3.63, 3.8) is 0 Å². The Kier molecular flexibility index (Phi) is 9.07. The van der Waals surface area contributed by atoms with E-state index in [-0.39, 0.29) is 20.3 Å². The summed E-state index contributed by atoms with van der Waals surface area (Å²) in [4.78, 5) is 0. The van der Waals surface area contributed by atoms with Crippen LogP contribution < -0.4 is 18.9 Å². The van der Waals surface area contributed by atoms with Crippen LogP contribution in [0.5, 0.6) is 0 Å². The second-order valence-electron chi connectivity index (χ2n) is 0.283. The van der Waals surface area contributed by atoms with Crippen molar-refractivity contribution in [1.82, 2.24) is 0 Å². The third-order valence-corrected chi connectivity index (χ3v) is 0. The van der Waals surface area contributed by atoms with Gasteiger partial charge in [0, 0.05) is 0 Å². The fourth-order valence-corrected chi connectivity index (χ4v) is 0. The van der Waals surface area contributed by atoms with Crippen molar-refractivity contribution in [3.05, 3.63) is 0 Å². The van der Waals surface area contributed by atoms with Gasteiger partial charge in [-0.2, -0.15) is 0 Å². The molecule has 0 saturated carbocycles. The van der Waals surface area contributed by atoms with Crippen LogP contribution >= 0.6 is 0 Å². The van der Waals surface area contributed by atoms with Gasteiger partial charge in [0.05, 0.1) is 0 Å². The fourth-order valence-electron chi connectivity index (χ4n) is 0. The topological polar surface area (TPSA) is 57.5 Å². The van der Waals surface area contributed by atoms with Crippen LogP contribution in [0.3, 0.4) is 0 Å². The van der Waals surface area contributed by atoms with Crippen LogP contribution in [0.25, 0.3) is 0 Å². The van der Waals surface area contributed by atoms with Crippen LogP contribution in [0.1, 0.15) is 1.43 Å². The van der Waals surface area contributed by atoms with E-state index in [0.29, 0.717) is 0 Å². The van der Waals surface area contributed by atoms with Gasteiger partial charge in [-0.15, -0.1) is 0 Å². The Hall–Kier alpha value is 0.876. The minimum absolute atomic E-state index is 0. The van der Waals surface area contributed by atoms with Crippen molar-refractivity contribution in [2.24, 2.45) is 0 Å². The quantitative estimate of drug-likeness (QED) is 0.327. The third-order valence-electron chi connectivity index (χ3n) is 0.